The molecule has 10 heteroatoms. The molecular weight excluding hydrogens is 637 g/mol. The smallest absolute Gasteiger partial charge is 0.244 e. The van der Waals surface area contributed by atoms with Crippen LogP contribution in [0.3, 0.4) is 0 Å². The molecule has 0 unspecified atom stereocenters. The largest absolute Gasteiger partial charge is 0.352 e. The fraction of sp³-hybridized carbons (Fsp3) is 0.286. The van der Waals surface area contributed by atoms with Crippen LogP contribution >= 0.6 is 34.2 Å². The van der Waals surface area contributed by atoms with Gasteiger partial charge >= 0.3 is 0 Å². The third-order valence-corrected chi connectivity index (χ3v) is 8.02. The van der Waals surface area contributed by atoms with Crippen LogP contribution < -0.4 is 9.62 Å². The van der Waals surface area contributed by atoms with E-state index in [1.807, 2.05) is 44.2 Å². The quantitative estimate of drug-likeness (QED) is 0.296. The maximum atomic E-state index is 14.0. The monoisotopic (exact) mass is 667 g/mol. The second kappa shape index (κ2) is 13.4. The fourth-order valence-corrected chi connectivity index (χ4v) is 5.37. The molecule has 38 heavy (non-hydrogen) atoms. The van der Waals surface area contributed by atoms with E-state index < -0.39 is 28.5 Å². The molecule has 0 aromatic heterocycles. The molecule has 0 heterocycles. The average Bonchev–Trinajstić information content (AvgIpc) is 2.85. The van der Waals surface area contributed by atoms with E-state index in [4.69, 9.17) is 11.6 Å². The summed E-state index contributed by atoms with van der Waals surface area (Å²) >= 11 is 8.57. The molecule has 3 rings (SSSR count). The van der Waals surface area contributed by atoms with Gasteiger partial charge in [-0.1, -0.05) is 60.1 Å². The van der Waals surface area contributed by atoms with Gasteiger partial charge in [-0.25, -0.2) is 8.42 Å². The lowest BCUT2D eigenvalue weighted by molar-refractivity contribution is -0.140. The van der Waals surface area contributed by atoms with Crippen molar-refractivity contribution in [2.45, 2.75) is 38.9 Å². The van der Waals surface area contributed by atoms with Gasteiger partial charge in [-0.05, 0) is 77.9 Å². The first kappa shape index (κ1) is 29.9. The molecule has 202 valence electrons. The number of rotatable bonds is 11. The predicted octanol–water partition coefficient (Wildman–Crippen LogP) is 4.88. The van der Waals surface area contributed by atoms with Crippen molar-refractivity contribution in [1.29, 1.82) is 0 Å². The zero-order valence-electron chi connectivity index (χ0n) is 21.5. The van der Waals surface area contributed by atoms with Crippen LogP contribution in [0.5, 0.6) is 0 Å². The number of anilines is 1. The highest BCUT2D eigenvalue weighted by molar-refractivity contribution is 14.1. The van der Waals surface area contributed by atoms with Crippen LogP contribution in [0.2, 0.25) is 5.02 Å². The van der Waals surface area contributed by atoms with Crippen molar-refractivity contribution in [2.75, 3.05) is 17.1 Å². The van der Waals surface area contributed by atoms with Crippen LogP contribution in [-0.2, 0) is 32.6 Å². The maximum absolute atomic E-state index is 14.0. The first-order valence-corrected chi connectivity index (χ1v) is 15.4. The lowest BCUT2D eigenvalue weighted by atomic mass is 10.0. The van der Waals surface area contributed by atoms with E-state index in [-0.39, 0.29) is 24.9 Å². The summed E-state index contributed by atoms with van der Waals surface area (Å²) in [5.74, 6) is -0.849. The number of carbonyl (C=O) groups is 2. The van der Waals surface area contributed by atoms with E-state index in [0.717, 1.165) is 19.7 Å². The Kier molecular flexibility index (Phi) is 10.6. The second-order valence-corrected chi connectivity index (χ2v) is 12.8. The minimum absolute atomic E-state index is 0.0335. The Morgan fingerprint density at radius 3 is 2.13 bits per heavy atom. The molecule has 0 fully saturated rings. The zero-order chi connectivity index (χ0) is 27.9. The molecule has 0 spiro atoms. The normalized spacial score (nSPS) is 12.2. The summed E-state index contributed by atoms with van der Waals surface area (Å²) in [4.78, 5) is 28.9. The molecule has 0 radical (unpaired) electrons. The minimum Gasteiger partial charge on any atom is -0.352 e. The molecular formula is C28H31ClIN3O4S. The molecule has 0 bridgehead atoms. The topological polar surface area (TPSA) is 86.8 Å². The number of carbonyl (C=O) groups excluding carboxylic acids is 2. The molecule has 2 amide bonds. The zero-order valence-corrected chi connectivity index (χ0v) is 25.2. The van der Waals surface area contributed by atoms with Gasteiger partial charge in [0.25, 0.3) is 0 Å². The highest BCUT2D eigenvalue weighted by Gasteiger charge is 2.33. The van der Waals surface area contributed by atoms with Gasteiger partial charge in [0.05, 0.1) is 11.9 Å². The average molecular weight is 668 g/mol. The first-order chi connectivity index (χ1) is 18.0. The van der Waals surface area contributed by atoms with E-state index in [0.29, 0.717) is 16.3 Å². The van der Waals surface area contributed by atoms with Gasteiger partial charge < -0.3 is 10.2 Å². The van der Waals surface area contributed by atoms with Crippen molar-refractivity contribution in [1.82, 2.24) is 10.2 Å². The molecule has 1 N–H and O–H groups in total. The van der Waals surface area contributed by atoms with Crippen LogP contribution in [0, 0.1) is 3.57 Å². The Balaban J connectivity index is 2.06. The van der Waals surface area contributed by atoms with Crippen molar-refractivity contribution in [3.8, 4) is 0 Å². The number of hydrogen-bond donors (Lipinski definition) is 1. The Hall–Kier alpha value is -2.63. The SMILES string of the molecule is CC(C)NC(=O)[C@H](Cc1ccccc1)N(Cc1ccccc1Cl)C(=O)CN(c1ccc(I)cc1)S(C)(=O)=O. The molecule has 0 saturated carbocycles. The molecule has 0 saturated heterocycles. The van der Waals surface area contributed by atoms with E-state index in [1.54, 1.807) is 48.5 Å². The van der Waals surface area contributed by atoms with Crippen LogP contribution in [0.25, 0.3) is 0 Å². The number of benzene rings is 3. The molecule has 3 aromatic rings. The third kappa shape index (κ3) is 8.44. The number of halogens is 2. The summed E-state index contributed by atoms with van der Waals surface area (Å²) in [6.07, 6.45) is 1.31. The van der Waals surface area contributed by atoms with Crippen molar-refractivity contribution < 1.29 is 18.0 Å². The van der Waals surface area contributed by atoms with Crippen LogP contribution in [-0.4, -0.2) is 50.0 Å². The molecule has 0 aliphatic carbocycles. The highest BCUT2D eigenvalue weighted by atomic mass is 127. The summed E-state index contributed by atoms with van der Waals surface area (Å²) < 4.78 is 27.6. The molecule has 7 nitrogen and oxygen atoms in total. The van der Waals surface area contributed by atoms with Crippen molar-refractivity contribution in [3.63, 3.8) is 0 Å². The summed E-state index contributed by atoms with van der Waals surface area (Å²) in [6, 6.07) is 22.3. The van der Waals surface area contributed by atoms with Gasteiger partial charge in [0.2, 0.25) is 21.8 Å². The van der Waals surface area contributed by atoms with Crippen molar-refractivity contribution in [2.24, 2.45) is 0 Å². The van der Waals surface area contributed by atoms with Gasteiger partial charge in [0.1, 0.15) is 12.6 Å². The summed E-state index contributed by atoms with van der Waals surface area (Å²) in [5.41, 5.74) is 1.88. The maximum Gasteiger partial charge on any atom is 0.244 e. The van der Waals surface area contributed by atoms with Gasteiger partial charge in [0.15, 0.2) is 0 Å². The van der Waals surface area contributed by atoms with Crippen LogP contribution in [0.4, 0.5) is 5.69 Å². The second-order valence-electron chi connectivity index (χ2n) is 9.23. The molecule has 0 aliphatic rings. The van der Waals surface area contributed by atoms with E-state index in [1.165, 1.54) is 4.90 Å². The van der Waals surface area contributed by atoms with Crippen molar-refractivity contribution in [3.05, 3.63) is 98.6 Å². The van der Waals surface area contributed by atoms with Gasteiger partial charge in [-0.15, -0.1) is 0 Å². The Labute approximate surface area is 243 Å². The molecule has 3 aromatic carbocycles. The van der Waals surface area contributed by atoms with Gasteiger partial charge in [-0.2, -0.15) is 0 Å². The highest BCUT2D eigenvalue weighted by Crippen LogP contribution is 2.23. The third-order valence-electron chi connectivity index (χ3n) is 5.79. The Bertz CT molecular complexity index is 1350. The lowest BCUT2D eigenvalue weighted by Gasteiger charge is -2.34. The molecule has 0 aliphatic heterocycles. The first-order valence-electron chi connectivity index (χ1n) is 12.1. The van der Waals surface area contributed by atoms with Crippen molar-refractivity contribution >= 4 is 61.7 Å². The summed E-state index contributed by atoms with van der Waals surface area (Å²) in [5, 5.41) is 3.37. The predicted molar refractivity (Wildman–Crippen MR) is 161 cm³/mol. The van der Waals surface area contributed by atoms with E-state index in [2.05, 4.69) is 27.9 Å². The number of sulfonamides is 1. The number of hydrogen-bond acceptors (Lipinski definition) is 4. The number of amides is 2. The van der Waals surface area contributed by atoms with Gasteiger partial charge in [-0.3, -0.25) is 13.9 Å². The minimum atomic E-state index is -3.81. The van der Waals surface area contributed by atoms with Crippen LogP contribution in [0.1, 0.15) is 25.0 Å². The summed E-state index contributed by atoms with van der Waals surface area (Å²) in [7, 11) is -3.81. The van der Waals surface area contributed by atoms with E-state index >= 15 is 0 Å². The standard InChI is InChI=1S/C28H31ClIN3O4S/c1-20(2)31-28(35)26(17-21-9-5-4-6-10-21)32(18-22-11-7-8-12-25(22)29)27(34)19-33(38(3,36)37)24-15-13-23(30)14-16-24/h4-16,20,26H,17-19H2,1-3H3,(H,31,35)/t26-/m0/s1. The Morgan fingerprint density at radius 2 is 1.55 bits per heavy atom. The summed E-state index contributed by atoms with van der Waals surface area (Å²) in [6.45, 7) is 3.26. The fourth-order valence-electron chi connectivity index (χ4n) is 3.97. The Morgan fingerprint density at radius 1 is 0.947 bits per heavy atom. The molecule has 1 atom stereocenters. The lowest BCUT2D eigenvalue weighted by Crippen LogP contribution is -2.54. The van der Waals surface area contributed by atoms with E-state index in [9.17, 15) is 18.0 Å². The van der Waals surface area contributed by atoms with Crippen LogP contribution in [0.15, 0.2) is 78.9 Å². The number of nitrogens with one attached hydrogen (secondary N) is 1. The number of nitrogens with zero attached hydrogens (tertiary/aromatic N) is 2. The van der Waals surface area contributed by atoms with Gasteiger partial charge in [0, 0.05) is 27.6 Å².